The molecule has 3 rings (SSSR count). The molecule has 2 fully saturated rings. The van der Waals surface area contributed by atoms with Gasteiger partial charge in [0.1, 0.15) is 0 Å². The first-order chi connectivity index (χ1) is 7.76. The maximum absolute atomic E-state index is 5.70. The number of nitrogens with zero attached hydrogens (tertiary/aromatic N) is 1. The SMILES string of the molecule is Brc1csc(CN2CCC3(C2)OCCO3)c1. The highest BCUT2D eigenvalue weighted by atomic mass is 79.9. The quantitative estimate of drug-likeness (QED) is 0.838. The molecule has 88 valence electrons. The molecule has 2 aliphatic heterocycles. The first-order valence-electron chi connectivity index (χ1n) is 5.49. The van der Waals surface area contributed by atoms with Gasteiger partial charge in [0.05, 0.1) is 19.8 Å². The van der Waals surface area contributed by atoms with Gasteiger partial charge < -0.3 is 9.47 Å². The average Bonchev–Trinajstić information content (AvgIpc) is 2.94. The number of halogens is 1. The maximum Gasteiger partial charge on any atom is 0.182 e. The summed E-state index contributed by atoms with van der Waals surface area (Å²) in [7, 11) is 0. The van der Waals surface area contributed by atoms with Crippen molar-refractivity contribution in [2.24, 2.45) is 0 Å². The number of hydrogen-bond donors (Lipinski definition) is 0. The van der Waals surface area contributed by atoms with Crippen LogP contribution in [-0.2, 0) is 16.0 Å². The molecule has 1 spiro atoms. The van der Waals surface area contributed by atoms with Gasteiger partial charge in [0, 0.05) is 34.2 Å². The van der Waals surface area contributed by atoms with E-state index in [-0.39, 0.29) is 5.79 Å². The van der Waals surface area contributed by atoms with Crippen LogP contribution in [0.4, 0.5) is 0 Å². The van der Waals surface area contributed by atoms with Crippen molar-refractivity contribution < 1.29 is 9.47 Å². The highest BCUT2D eigenvalue weighted by Crippen LogP contribution is 2.32. The third kappa shape index (κ3) is 2.19. The van der Waals surface area contributed by atoms with E-state index in [9.17, 15) is 0 Å². The highest BCUT2D eigenvalue weighted by molar-refractivity contribution is 9.10. The van der Waals surface area contributed by atoms with E-state index in [4.69, 9.17) is 9.47 Å². The van der Waals surface area contributed by atoms with Crippen molar-refractivity contribution in [2.45, 2.75) is 18.8 Å². The fraction of sp³-hybridized carbons (Fsp3) is 0.636. The Labute approximate surface area is 107 Å². The summed E-state index contributed by atoms with van der Waals surface area (Å²) >= 11 is 5.28. The summed E-state index contributed by atoms with van der Waals surface area (Å²) in [6, 6.07) is 2.19. The lowest BCUT2D eigenvalue weighted by atomic mass is 10.2. The molecule has 2 aliphatic rings. The van der Waals surface area contributed by atoms with E-state index in [2.05, 4.69) is 32.3 Å². The highest BCUT2D eigenvalue weighted by Gasteiger charge is 2.43. The third-order valence-electron chi connectivity index (χ3n) is 3.09. The molecule has 0 atom stereocenters. The van der Waals surface area contributed by atoms with Gasteiger partial charge in [0.25, 0.3) is 0 Å². The normalized spacial score (nSPS) is 24.6. The Morgan fingerprint density at radius 2 is 2.25 bits per heavy atom. The molecule has 0 unspecified atom stereocenters. The summed E-state index contributed by atoms with van der Waals surface area (Å²) in [5, 5.41) is 2.13. The van der Waals surface area contributed by atoms with Gasteiger partial charge in [-0.25, -0.2) is 0 Å². The zero-order chi connectivity index (χ0) is 11.0. The fourth-order valence-electron chi connectivity index (χ4n) is 2.35. The predicted molar refractivity (Wildman–Crippen MR) is 66.5 cm³/mol. The minimum atomic E-state index is -0.283. The summed E-state index contributed by atoms with van der Waals surface area (Å²) in [6.07, 6.45) is 1.000. The molecule has 5 heteroatoms. The molecule has 0 bridgehead atoms. The third-order valence-corrected chi connectivity index (χ3v) is 4.77. The molecule has 0 radical (unpaired) electrons. The van der Waals surface area contributed by atoms with Crippen LogP contribution in [0.25, 0.3) is 0 Å². The van der Waals surface area contributed by atoms with Crippen LogP contribution >= 0.6 is 27.3 Å². The molecule has 3 heterocycles. The van der Waals surface area contributed by atoms with Crippen LogP contribution in [0.1, 0.15) is 11.3 Å². The fourth-order valence-corrected chi connectivity index (χ4v) is 3.84. The lowest BCUT2D eigenvalue weighted by Crippen LogP contribution is -2.33. The van der Waals surface area contributed by atoms with E-state index in [0.29, 0.717) is 0 Å². The number of likely N-dealkylation sites (tertiary alicyclic amines) is 1. The van der Waals surface area contributed by atoms with Crippen molar-refractivity contribution >= 4 is 27.3 Å². The predicted octanol–water partition coefficient (Wildman–Crippen LogP) is 2.46. The average molecular weight is 304 g/mol. The molecule has 1 aromatic heterocycles. The Kier molecular flexibility index (Phi) is 3.06. The zero-order valence-electron chi connectivity index (χ0n) is 8.95. The lowest BCUT2D eigenvalue weighted by Gasteiger charge is -2.22. The summed E-state index contributed by atoms with van der Waals surface area (Å²) in [5.74, 6) is -0.283. The molecule has 0 aromatic carbocycles. The number of ether oxygens (including phenoxy) is 2. The minimum Gasteiger partial charge on any atom is -0.346 e. The summed E-state index contributed by atoms with van der Waals surface area (Å²) < 4.78 is 12.6. The Hall–Kier alpha value is 0.0600. The molecule has 1 aromatic rings. The van der Waals surface area contributed by atoms with Crippen LogP contribution in [-0.4, -0.2) is 37.0 Å². The standard InChI is InChI=1S/C11H14BrNO2S/c12-9-5-10(16-7-9)6-13-2-1-11(8-13)14-3-4-15-11/h5,7H,1-4,6,8H2. The van der Waals surface area contributed by atoms with Crippen molar-refractivity contribution in [3.05, 3.63) is 20.8 Å². The van der Waals surface area contributed by atoms with Gasteiger partial charge in [0.15, 0.2) is 5.79 Å². The van der Waals surface area contributed by atoms with E-state index in [0.717, 1.165) is 39.3 Å². The molecule has 16 heavy (non-hydrogen) atoms. The van der Waals surface area contributed by atoms with Crippen molar-refractivity contribution in [3.63, 3.8) is 0 Å². The number of thiophene rings is 1. The van der Waals surface area contributed by atoms with Gasteiger partial charge in [-0.1, -0.05) is 0 Å². The second kappa shape index (κ2) is 4.38. The van der Waals surface area contributed by atoms with E-state index < -0.39 is 0 Å². The van der Waals surface area contributed by atoms with Crippen LogP contribution in [0.3, 0.4) is 0 Å². The van der Waals surface area contributed by atoms with Crippen LogP contribution in [0, 0.1) is 0 Å². The smallest absolute Gasteiger partial charge is 0.182 e. The monoisotopic (exact) mass is 303 g/mol. The van der Waals surface area contributed by atoms with Crippen LogP contribution < -0.4 is 0 Å². The van der Waals surface area contributed by atoms with Gasteiger partial charge in [-0.15, -0.1) is 11.3 Å². The van der Waals surface area contributed by atoms with Crippen LogP contribution in [0.5, 0.6) is 0 Å². The second-order valence-corrected chi connectivity index (χ2v) is 6.21. The van der Waals surface area contributed by atoms with E-state index in [1.165, 1.54) is 9.35 Å². The van der Waals surface area contributed by atoms with Crippen LogP contribution in [0.2, 0.25) is 0 Å². The van der Waals surface area contributed by atoms with Crippen molar-refractivity contribution in [1.29, 1.82) is 0 Å². The lowest BCUT2D eigenvalue weighted by molar-refractivity contribution is -0.145. The van der Waals surface area contributed by atoms with Gasteiger partial charge >= 0.3 is 0 Å². The zero-order valence-corrected chi connectivity index (χ0v) is 11.3. The molecular formula is C11H14BrNO2S. The molecule has 0 saturated carbocycles. The van der Waals surface area contributed by atoms with E-state index in [1.54, 1.807) is 11.3 Å². The Balaban J connectivity index is 1.61. The van der Waals surface area contributed by atoms with Crippen molar-refractivity contribution in [2.75, 3.05) is 26.3 Å². The molecule has 0 amide bonds. The number of rotatable bonds is 2. The topological polar surface area (TPSA) is 21.7 Å². The summed E-state index contributed by atoms with van der Waals surface area (Å²) in [6.45, 7) is 4.47. The van der Waals surface area contributed by atoms with Crippen molar-refractivity contribution in [1.82, 2.24) is 4.90 Å². The molecular weight excluding hydrogens is 290 g/mol. The van der Waals surface area contributed by atoms with Gasteiger partial charge in [-0.3, -0.25) is 4.90 Å². The van der Waals surface area contributed by atoms with Gasteiger partial charge in [0.2, 0.25) is 0 Å². The largest absolute Gasteiger partial charge is 0.346 e. The summed E-state index contributed by atoms with van der Waals surface area (Å²) in [4.78, 5) is 3.80. The molecule has 0 N–H and O–H groups in total. The van der Waals surface area contributed by atoms with E-state index >= 15 is 0 Å². The molecule has 0 aliphatic carbocycles. The van der Waals surface area contributed by atoms with Gasteiger partial charge in [-0.2, -0.15) is 0 Å². The Morgan fingerprint density at radius 3 is 2.94 bits per heavy atom. The van der Waals surface area contributed by atoms with Gasteiger partial charge in [-0.05, 0) is 22.0 Å². The van der Waals surface area contributed by atoms with Crippen LogP contribution in [0.15, 0.2) is 15.9 Å². The summed E-state index contributed by atoms with van der Waals surface area (Å²) in [5.41, 5.74) is 0. The first kappa shape index (κ1) is 11.2. The van der Waals surface area contributed by atoms with E-state index in [1.807, 2.05) is 0 Å². The molecule has 3 nitrogen and oxygen atoms in total. The second-order valence-electron chi connectivity index (χ2n) is 4.30. The number of hydrogen-bond acceptors (Lipinski definition) is 4. The first-order valence-corrected chi connectivity index (χ1v) is 7.16. The van der Waals surface area contributed by atoms with Crippen molar-refractivity contribution in [3.8, 4) is 0 Å². The molecule has 2 saturated heterocycles. The Morgan fingerprint density at radius 1 is 1.44 bits per heavy atom. The Bertz CT molecular complexity index is 376. The minimum absolute atomic E-state index is 0.283. The maximum atomic E-state index is 5.70.